The predicted molar refractivity (Wildman–Crippen MR) is 69.8 cm³/mol. The molecule has 1 aromatic rings. The molecule has 19 heavy (non-hydrogen) atoms. The number of amides is 3. The summed E-state index contributed by atoms with van der Waals surface area (Å²) in [5.41, 5.74) is 1.01. The minimum absolute atomic E-state index is 0.250. The lowest BCUT2D eigenvalue weighted by Crippen LogP contribution is -2.43. The summed E-state index contributed by atoms with van der Waals surface area (Å²) in [5, 5.41) is 16.8. The third-order valence-electron chi connectivity index (χ3n) is 2.18. The summed E-state index contributed by atoms with van der Waals surface area (Å²) in [4.78, 5) is 34.5. The number of carbonyl (C=O) groups is 3. The monoisotopic (exact) mass is 285 g/mol. The van der Waals surface area contributed by atoms with Gasteiger partial charge in [-0.2, -0.15) is 11.3 Å². The molecule has 0 atom stereocenters. The summed E-state index contributed by atoms with van der Waals surface area (Å²) in [6.45, 7) is -0.258. The molecule has 0 saturated carbocycles. The molecule has 3 amide bonds. The lowest BCUT2D eigenvalue weighted by Gasteiger charge is -2.17. The van der Waals surface area contributed by atoms with E-state index in [9.17, 15) is 14.4 Å². The van der Waals surface area contributed by atoms with Gasteiger partial charge in [0.25, 0.3) is 0 Å². The lowest BCUT2D eigenvalue weighted by molar-refractivity contribution is -0.137. The molecular weight excluding hydrogens is 270 g/mol. The maximum Gasteiger partial charge on any atom is 0.322 e. The van der Waals surface area contributed by atoms with Crippen LogP contribution in [0.25, 0.3) is 0 Å². The molecule has 0 radical (unpaired) electrons. The predicted octanol–water partition coefficient (Wildman–Crippen LogP) is 0.0903. The van der Waals surface area contributed by atoms with Gasteiger partial charge in [-0.25, -0.2) is 4.79 Å². The molecule has 8 heteroatoms. The van der Waals surface area contributed by atoms with E-state index >= 15 is 0 Å². The van der Waals surface area contributed by atoms with Crippen molar-refractivity contribution in [3.63, 3.8) is 0 Å². The standard InChI is InChI=1S/C11H15N3O4S/c1-14(6-8-2-3-19-7-8)11(18)13-4-9(15)12-5-10(16)17/h2-3,7H,4-6H2,1H3,(H,12,15)(H,13,18)(H,16,17). The highest BCUT2D eigenvalue weighted by Crippen LogP contribution is 2.08. The van der Waals surface area contributed by atoms with Crippen molar-refractivity contribution in [2.24, 2.45) is 0 Å². The van der Waals surface area contributed by atoms with Gasteiger partial charge >= 0.3 is 12.0 Å². The molecule has 1 heterocycles. The highest BCUT2D eigenvalue weighted by molar-refractivity contribution is 7.07. The first-order valence-electron chi connectivity index (χ1n) is 5.47. The largest absolute Gasteiger partial charge is 0.480 e. The van der Waals surface area contributed by atoms with Crippen molar-refractivity contribution in [1.82, 2.24) is 15.5 Å². The fourth-order valence-electron chi connectivity index (χ4n) is 1.26. The van der Waals surface area contributed by atoms with Gasteiger partial charge in [-0.1, -0.05) is 0 Å². The number of hydrogen-bond acceptors (Lipinski definition) is 4. The number of nitrogens with zero attached hydrogens (tertiary/aromatic N) is 1. The minimum Gasteiger partial charge on any atom is -0.480 e. The Balaban J connectivity index is 2.26. The number of carboxylic acid groups (broad SMARTS) is 1. The van der Waals surface area contributed by atoms with Gasteiger partial charge in [0.1, 0.15) is 6.54 Å². The van der Waals surface area contributed by atoms with Crippen LogP contribution in [0.4, 0.5) is 4.79 Å². The molecule has 0 aliphatic rings. The van der Waals surface area contributed by atoms with E-state index in [4.69, 9.17) is 5.11 Å². The maximum absolute atomic E-state index is 11.6. The van der Waals surface area contributed by atoms with E-state index < -0.39 is 24.5 Å². The number of carboxylic acids is 1. The van der Waals surface area contributed by atoms with Crippen LogP contribution in [0.15, 0.2) is 16.8 Å². The molecule has 104 valence electrons. The number of carbonyl (C=O) groups excluding carboxylic acids is 2. The Hall–Kier alpha value is -2.09. The maximum atomic E-state index is 11.6. The van der Waals surface area contributed by atoms with Crippen LogP contribution >= 0.6 is 11.3 Å². The van der Waals surface area contributed by atoms with Crippen molar-refractivity contribution in [2.45, 2.75) is 6.54 Å². The summed E-state index contributed by atoms with van der Waals surface area (Å²) < 4.78 is 0. The van der Waals surface area contributed by atoms with Crippen molar-refractivity contribution in [3.05, 3.63) is 22.4 Å². The summed E-state index contributed by atoms with van der Waals surface area (Å²) >= 11 is 1.54. The van der Waals surface area contributed by atoms with Gasteiger partial charge in [0.15, 0.2) is 0 Å². The van der Waals surface area contributed by atoms with E-state index in [0.29, 0.717) is 6.54 Å². The first-order chi connectivity index (χ1) is 8.99. The Morgan fingerprint density at radius 2 is 2.05 bits per heavy atom. The fourth-order valence-corrected chi connectivity index (χ4v) is 1.92. The van der Waals surface area contributed by atoms with Crippen LogP contribution in [-0.2, 0) is 16.1 Å². The van der Waals surface area contributed by atoms with Gasteiger partial charge in [-0.3, -0.25) is 9.59 Å². The van der Waals surface area contributed by atoms with E-state index in [2.05, 4.69) is 10.6 Å². The van der Waals surface area contributed by atoms with Gasteiger partial charge < -0.3 is 20.6 Å². The van der Waals surface area contributed by atoms with Crippen LogP contribution in [0.5, 0.6) is 0 Å². The Morgan fingerprint density at radius 1 is 1.32 bits per heavy atom. The van der Waals surface area contributed by atoms with Crippen molar-refractivity contribution >= 4 is 29.2 Å². The average molecular weight is 285 g/mol. The molecule has 0 aliphatic heterocycles. The SMILES string of the molecule is CN(Cc1ccsc1)C(=O)NCC(=O)NCC(=O)O. The van der Waals surface area contributed by atoms with Crippen LogP contribution in [0.2, 0.25) is 0 Å². The molecule has 7 nitrogen and oxygen atoms in total. The minimum atomic E-state index is -1.13. The number of hydrogen-bond donors (Lipinski definition) is 3. The number of aliphatic carboxylic acids is 1. The van der Waals surface area contributed by atoms with Gasteiger partial charge in [-0.05, 0) is 22.4 Å². The van der Waals surface area contributed by atoms with E-state index in [0.717, 1.165) is 5.56 Å². The fraction of sp³-hybridized carbons (Fsp3) is 0.364. The second-order valence-electron chi connectivity index (χ2n) is 3.82. The Bertz CT molecular complexity index is 447. The number of nitrogens with one attached hydrogen (secondary N) is 2. The van der Waals surface area contributed by atoms with E-state index in [1.54, 1.807) is 18.4 Å². The van der Waals surface area contributed by atoms with Crippen LogP contribution in [0.1, 0.15) is 5.56 Å². The molecule has 0 unspecified atom stereocenters. The molecule has 0 fully saturated rings. The average Bonchev–Trinajstić information content (AvgIpc) is 2.86. The second-order valence-corrected chi connectivity index (χ2v) is 4.60. The van der Waals surface area contributed by atoms with Gasteiger partial charge in [0, 0.05) is 13.6 Å². The first kappa shape index (κ1) is 15.0. The quantitative estimate of drug-likeness (QED) is 0.690. The number of thiophene rings is 1. The van der Waals surface area contributed by atoms with E-state index in [1.807, 2.05) is 16.8 Å². The Kier molecular flexibility index (Phi) is 5.80. The number of rotatable bonds is 6. The molecule has 3 N–H and O–H groups in total. The first-order valence-corrected chi connectivity index (χ1v) is 6.42. The summed E-state index contributed by atoms with van der Waals surface area (Å²) in [6.07, 6.45) is 0. The Labute approximate surface area is 114 Å². The molecule has 0 aromatic carbocycles. The van der Waals surface area contributed by atoms with E-state index in [1.165, 1.54) is 4.90 Å². The molecule has 0 spiro atoms. The summed E-state index contributed by atoms with van der Waals surface area (Å²) in [5.74, 6) is -1.67. The van der Waals surface area contributed by atoms with Crippen molar-refractivity contribution in [1.29, 1.82) is 0 Å². The Morgan fingerprint density at radius 3 is 2.63 bits per heavy atom. The summed E-state index contributed by atoms with van der Waals surface area (Å²) in [6, 6.07) is 1.52. The van der Waals surface area contributed by atoms with Crippen LogP contribution in [0.3, 0.4) is 0 Å². The zero-order chi connectivity index (χ0) is 14.3. The second kappa shape index (κ2) is 7.37. The zero-order valence-electron chi connectivity index (χ0n) is 10.4. The lowest BCUT2D eigenvalue weighted by atomic mass is 10.3. The topological polar surface area (TPSA) is 98.7 Å². The summed E-state index contributed by atoms with van der Waals surface area (Å²) in [7, 11) is 1.61. The molecule has 0 aliphatic carbocycles. The van der Waals surface area contributed by atoms with Crippen molar-refractivity contribution < 1.29 is 19.5 Å². The molecular formula is C11H15N3O4S. The smallest absolute Gasteiger partial charge is 0.322 e. The van der Waals surface area contributed by atoms with Crippen molar-refractivity contribution in [3.8, 4) is 0 Å². The van der Waals surface area contributed by atoms with Crippen molar-refractivity contribution in [2.75, 3.05) is 20.1 Å². The highest BCUT2D eigenvalue weighted by Gasteiger charge is 2.11. The third kappa shape index (κ3) is 5.87. The molecule has 1 rings (SSSR count). The van der Waals surface area contributed by atoms with Gasteiger partial charge in [0.05, 0.1) is 6.54 Å². The number of urea groups is 1. The van der Waals surface area contributed by atoms with E-state index in [-0.39, 0.29) is 6.54 Å². The molecule has 1 aromatic heterocycles. The zero-order valence-corrected chi connectivity index (χ0v) is 11.2. The van der Waals surface area contributed by atoms with Gasteiger partial charge in [0.2, 0.25) is 5.91 Å². The van der Waals surface area contributed by atoms with Crippen LogP contribution in [-0.4, -0.2) is 48.1 Å². The molecule has 0 saturated heterocycles. The highest BCUT2D eigenvalue weighted by atomic mass is 32.1. The third-order valence-corrected chi connectivity index (χ3v) is 2.92. The van der Waals surface area contributed by atoms with Gasteiger partial charge in [-0.15, -0.1) is 0 Å². The normalized spacial score (nSPS) is 9.74. The van der Waals surface area contributed by atoms with Crippen LogP contribution < -0.4 is 10.6 Å². The van der Waals surface area contributed by atoms with Crippen LogP contribution in [0, 0.1) is 0 Å². The molecule has 0 bridgehead atoms.